The van der Waals surface area contributed by atoms with Gasteiger partial charge in [0.2, 0.25) is 0 Å². The van der Waals surface area contributed by atoms with Crippen molar-refractivity contribution in [2.45, 2.75) is 38.3 Å². The van der Waals surface area contributed by atoms with Crippen molar-refractivity contribution in [3.63, 3.8) is 0 Å². The lowest BCUT2D eigenvalue weighted by Crippen LogP contribution is -2.37. The van der Waals surface area contributed by atoms with Crippen molar-refractivity contribution < 1.29 is 4.39 Å². The van der Waals surface area contributed by atoms with Gasteiger partial charge in [-0.3, -0.25) is 4.90 Å². The fourth-order valence-corrected chi connectivity index (χ4v) is 3.03. The molecule has 3 nitrogen and oxygen atoms in total. The third kappa shape index (κ3) is 4.26. The zero-order valence-electron chi connectivity index (χ0n) is 12.3. The Balaban J connectivity index is 1.48. The Bertz CT molecular complexity index is 525. The van der Waals surface area contributed by atoms with E-state index in [1.165, 1.54) is 31.7 Å². The fourth-order valence-electron chi connectivity index (χ4n) is 3.03. The van der Waals surface area contributed by atoms with E-state index >= 15 is 0 Å². The Labute approximate surface area is 125 Å². The van der Waals surface area contributed by atoms with Crippen LogP contribution >= 0.6 is 0 Å². The van der Waals surface area contributed by atoms with E-state index in [0.717, 1.165) is 43.7 Å². The van der Waals surface area contributed by atoms with Crippen molar-refractivity contribution in [1.82, 2.24) is 10.2 Å². The first-order valence-corrected chi connectivity index (χ1v) is 7.88. The molecule has 1 saturated heterocycles. The largest absolute Gasteiger partial charge is 0.314 e. The summed E-state index contributed by atoms with van der Waals surface area (Å²) < 4.78 is 13.4. The molecule has 0 amide bonds. The minimum absolute atomic E-state index is 0.312. The monoisotopic (exact) mass is 287 g/mol. The van der Waals surface area contributed by atoms with Crippen LogP contribution in [0, 0.1) is 23.1 Å². The molecule has 1 heterocycles. The third-order valence-corrected chi connectivity index (χ3v) is 4.47. The molecule has 1 aliphatic heterocycles. The van der Waals surface area contributed by atoms with Crippen molar-refractivity contribution in [3.8, 4) is 6.07 Å². The maximum Gasteiger partial charge on any atom is 0.124 e. The molecule has 0 radical (unpaired) electrons. The molecule has 1 aromatic carbocycles. The van der Waals surface area contributed by atoms with Gasteiger partial charge in [0.15, 0.2) is 0 Å². The van der Waals surface area contributed by atoms with Crippen molar-refractivity contribution in [2.24, 2.45) is 5.92 Å². The van der Waals surface area contributed by atoms with Crippen LogP contribution in [0.4, 0.5) is 4.39 Å². The molecule has 0 aromatic heterocycles. The van der Waals surface area contributed by atoms with Gasteiger partial charge in [-0.1, -0.05) is 0 Å². The van der Waals surface area contributed by atoms with Gasteiger partial charge in [-0.25, -0.2) is 4.39 Å². The average molecular weight is 287 g/mol. The molecule has 0 bridgehead atoms. The average Bonchev–Trinajstić information content (AvgIpc) is 3.30. The van der Waals surface area contributed by atoms with Crippen LogP contribution in [0.5, 0.6) is 0 Å². The van der Waals surface area contributed by atoms with Gasteiger partial charge in [-0.15, -0.1) is 0 Å². The molecule has 0 unspecified atom stereocenters. The molecule has 21 heavy (non-hydrogen) atoms. The maximum absolute atomic E-state index is 13.4. The van der Waals surface area contributed by atoms with Crippen LogP contribution in [0.25, 0.3) is 0 Å². The number of hydrogen-bond acceptors (Lipinski definition) is 3. The van der Waals surface area contributed by atoms with E-state index in [4.69, 9.17) is 5.26 Å². The Morgan fingerprint density at radius 3 is 2.62 bits per heavy atom. The van der Waals surface area contributed by atoms with Crippen LogP contribution in [-0.2, 0) is 6.54 Å². The summed E-state index contributed by atoms with van der Waals surface area (Å²) in [6.07, 6.45) is 5.11. The van der Waals surface area contributed by atoms with E-state index in [-0.39, 0.29) is 5.82 Å². The minimum Gasteiger partial charge on any atom is -0.314 e. The number of benzene rings is 1. The van der Waals surface area contributed by atoms with Crippen molar-refractivity contribution in [3.05, 3.63) is 35.1 Å². The Hall–Kier alpha value is -1.44. The number of hydrogen-bond donors (Lipinski definition) is 1. The lowest BCUT2D eigenvalue weighted by molar-refractivity contribution is 0.175. The standard InChI is InChI=1S/C17H22FN3/c18-16-8-14(10-19)7-15(9-16)12-21-5-3-13(4-6-21)11-20-17-1-2-17/h7-9,13,17,20H,1-6,11-12H2. The normalized spacial score (nSPS) is 20.4. The van der Waals surface area contributed by atoms with Crippen molar-refractivity contribution in [1.29, 1.82) is 5.26 Å². The molecular formula is C17H22FN3. The first-order chi connectivity index (χ1) is 10.2. The zero-order valence-corrected chi connectivity index (χ0v) is 12.3. The van der Waals surface area contributed by atoms with Crippen LogP contribution in [-0.4, -0.2) is 30.6 Å². The summed E-state index contributed by atoms with van der Waals surface area (Å²) in [4.78, 5) is 2.36. The summed E-state index contributed by atoms with van der Waals surface area (Å²) in [5, 5.41) is 12.5. The van der Waals surface area contributed by atoms with Gasteiger partial charge >= 0.3 is 0 Å². The highest BCUT2D eigenvalue weighted by Gasteiger charge is 2.24. The van der Waals surface area contributed by atoms with E-state index < -0.39 is 0 Å². The molecule has 3 rings (SSSR count). The topological polar surface area (TPSA) is 39.1 Å². The first-order valence-electron chi connectivity index (χ1n) is 7.88. The van der Waals surface area contributed by atoms with Gasteiger partial charge < -0.3 is 5.32 Å². The highest BCUT2D eigenvalue weighted by Crippen LogP contribution is 2.22. The molecule has 1 N–H and O–H groups in total. The summed E-state index contributed by atoms with van der Waals surface area (Å²) in [6, 6.07) is 7.44. The van der Waals surface area contributed by atoms with Gasteiger partial charge in [-0.05, 0) is 75.0 Å². The summed E-state index contributed by atoms with van der Waals surface area (Å²) in [5.41, 5.74) is 1.31. The van der Waals surface area contributed by atoms with Gasteiger partial charge in [0.25, 0.3) is 0 Å². The van der Waals surface area contributed by atoms with E-state index in [2.05, 4.69) is 10.2 Å². The number of rotatable bonds is 5. The SMILES string of the molecule is N#Cc1cc(F)cc(CN2CCC(CNC3CC3)CC2)c1. The highest BCUT2D eigenvalue weighted by molar-refractivity contribution is 5.33. The zero-order chi connectivity index (χ0) is 14.7. The predicted molar refractivity (Wildman–Crippen MR) is 80.1 cm³/mol. The number of nitrogens with one attached hydrogen (secondary N) is 1. The van der Waals surface area contributed by atoms with Crippen LogP contribution in [0.1, 0.15) is 36.8 Å². The molecule has 4 heteroatoms. The second kappa shape index (κ2) is 6.55. The van der Waals surface area contributed by atoms with Crippen LogP contribution in [0.15, 0.2) is 18.2 Å². The van der Waals surface area contributed by atoms with E-state index in [1.54, 1.807) is 12.1 Å². The van der Waals surface area contributed by atoms with Crippen LogP contribution < -0.4 is 5.32 Å². The molecule has 1 saturated carbocycles. The first kappa shape index (κ1) is 14.5. The molecule has 2 fully saturated rings. The second-order valence-corrected chi connectivity index (χ2v) is 6.36. The number of likely N-dealkylation sites (tertiary alicyclic amines) is 1. The minimum atomic E-state index is -0.312. The molecule has 112 valence electrons. The van der Waals surface area contributed by atoms with Crippen molar-refractivity contribution in [2.75, 3.05) is 19.6 Å². The maximum atomic E-state index is 13.4. The van der Waals surface area contributed by atoms with Gasteiger partial charge in [0.05, 0.1) is 11.6 Å². The van der Waals surface area contributed by atoms with Gasteiger partial charge in [0.1, 0.15) is 5.82 Å². The number of halogens is 1. The third-order valence-electron chi connectivity index (χ3n) is 4.47. The molecule has 1 aromatic rings. The lowest BCUT2D eigenvalue weighted by Gasteiger charge is -2.32. The number of piperidine rings is 1. The van der Waals surface area contributed by atoms with E-state index in [1.807, 2.05) is 6.07 Å². The van der Waals surface area contributed by atoms with E-state index in [9.17, 15) is 4.39 Å². The molecule has 0 spiro atoms. The smallest absolute Gasteiger partial charge is 0.124 e. The Morgan fingerprint density at radius 2 is 1.95 bits per heavy atom. The predicted octanol–water partition coefficient (Wildman–Crippen LogP) is 2.66. The summed E-state index contributed by atoms with van der Waals surface area (Å²) >= 11 is 0. The quantitative estimate of drug-likeness (QED) is 0.905. The highest BCUT2D eigenvalue weighted by atomic mass is 19.1. The van der Waals surface area contributed by atoms with Crippen LogP contribution in [0.3, 0.4) is 0 Å². The van der Waals surface area contributed by atoms with Gasteiger partial charge in [-0.2, -0.15) is 5.26 Å². The Kier molecular flexibility index (Phi) is 4.52. The van der Waals surface area contributed by atoms with Gasteiger partial charge in [0, 0.05) is 12.6 Å². The summed E-state index contributed by atoms with van der Waals surface area (Å²) in [6.45, 7) is 4.02. The number of nitrogens with zero attached hydrogens (tertiary/aromatic N) is 2. The van der Waals surface area contributed by atoms with E-state index in [0.29, 0.717) is 5.56 Å². The van der Waals surface area contributed by atoms with Crippen LogP contribution in [0.2, 0.25) is 0 Å². The second-order valence-electron chi connectivity index (χ2n) is 6.36. The Morgan fingerprint density at radius 1 is 1.19 bits per heavy atom. The molecule has 0 atom stereocenters. The molecular weight excluding hydrogens is 265 g/mol. The molecule has 2 aliphatic rings. The fraction of sp³-hybridized carbons (Fsp3) is 0.588. The summed E-state index contributed by atoms with van der Waals surface area (Å²) in [5.74, 6) is 0.469. The molecule has 1 aliphatic carbocycles. The van der Waals surface area contributed by atoms with Crippen molar-refractivity contribution >= 4 is 0 Å². The summed E-state index contributed by atoms with van der Waals surface area (Å²) in [7, 11) is 0. The number of nitriles is 1. The lowest BCUT2D eigenvalue weighted by atomic mass is 9.96.